The molecule has 1 N–H and O–H groups in total. The van der Waals surface area contributed by atoms with E-state index >= 15 is 0 Å². The van der Waals surface area contributed by atoms with Gasteiger partial charge >= 0.3 is 5.97 Å². The minimum absolute atomic E-state index is 0.209. The predicted molar refractivity (Wildman–Crippen MR) is 54.7 cm³/mol. The fourth-order valence-electron chi connectivity index (χ4n) is 1.44. The van der Waals surface area contributed by atoms with Crippen molar-refractivity contribution in [2.75, 3.05) is 0 Å². The summed E-state index contributed by atoms with van der Waals surface area (Å²) in [5, 5.41) is 17.2. The smallest absolute Gasteiger partial charge is 0.306 e. The Balaban J connectivity index is 3.69. The second-order valence-electron chi connectivity index (χ2n) is 3.82. The third-order valence-electron chi connectivity index (χ3n) is 2.60. The molecule has 0 aliphatic carbocycles. The van der Waals surface area contributed by atoms with Gasteiger partial charge in [-0.2, -0.15) is 5.26 Å². The Morgan fingerprint density at radius 3 is 2.50 bits per heavy atom. The normalized spacial score (nSPS) is 14.4. The molecule has 0 saturated carbocycles. The first-order valence-electron chi connectivity index (χ1n) is 5.21. The van der Waals surface area contributed by atoms with Gasteiger partial charge in [-0.25, -0.2) is 0 Å². The highest BCUT2D eigenvalue weighted by Gasteiger charge is 2.15. The first kappa shape index (κ1) is 13.0. The van der Waals surface area contributed by atoms with E-state index in [1.165, 1.54) is 0 Å². The second kappa shape index (κ2) is 7.37. The number of carbonyl (C=O) groups is 1. The fraction of sp³-hybridized carbons (Fsp3) is 0.818. The van der Waals surface area contributed by atoms with Crippen molar-refractivity contribution < 1.29 is 9.90 Å². The average Bonchev–Trinajstić information content (AvgIpc) is 2.15. The van der Waals surface area contributed by atoms with E-state index in [1.807, 2.05) is 6.92 Å². The van der Waals surface area contributed by atoms with E-state index in [0.717, 1.165) is 19.3 Å². The maximum absolute atomic E-state index is 10.7. The van der Waals surface area contributed by atoms with Crippen LogP contribution in [-0.2, 0) is 4.79 Å². The molecule has 0 saturated heterocycles. The number of carboxylic acid groups (broad SMARTS) is 1. The molecule has 0 rings (SSSR count). The van der Waals surface area contributed by atoms with Crippen LogP contribution in [0, 0.1) is 23.2 Å². The fourth-order valence-corrected chi connectivity index (χ4v) is 1.44. The summed E-state index contributed by atoms with van der Waals surface area (Å²) in [6, 6.07) is 2.11. The number of nitriles is 1. The van der Waals surface area contributed by atoms with E-state index in [4.69, 9.17) is 10.4 Å². The molecule has 2 unspecified atom stereocenters. The minimum Gasteiger partial charge on any atom is -0.481 e. The Bertz CT molecular complexity index is 208. The molecule has 0 aromatic carbocycles. The number of aliphatic carboxylic acids is 1. The molecule has 3 heteroatoms. The first-order chi connectivity index (χ1) is 6.61. The van der Waals surface area contributed by atoms with Crippen molar-refractivity contribution in [1.29, 1.82) is 5.26 Å². The standard InChI is InChI=1S/C11H19NO2/c1-3-10(11(13)14)7-6-9(2)5-4-8-12/h9-10H,3-7H2,1-2H3,(H,13,14). The predicted octanol–water partition coefficient (Wildman–Crippen LogP) is 2.82. The highest BCUT2D eigenvalue weighted by molar-refractivity contribution is 5.69. The van der Waals surface area contributed by atoms with Crippen LogP contribution in [0.1, 0.15) is 46.0 Å². The van der Waals surface area contributed by atoms with E-state index in [1.54, 1.807) is 0 Å². The molecule has 0 aliphatic heterocycles. The van der Waals surface area contributed by atoms with Gasteiger partial charge in [0.05, 0.1) is 12.0 Å². The summed E-state index contributed by atoms with van der Waals surface area (Å²) in [5.74, 6) is -0.442. The SMILES string of the molecule is CCC(CCC(C)CCC#N)C(=O)O. The van der Waals surface area contributed by atoms with Crippen LogP contribution in [0.3, 0.4) is 0 Å². The van der Waals surface area contributed by atoms with Crippen LogP contribution in [-0.4, -0.2) is 11.1 Å². The van der Waals surface area contributed by atoms with Crippen molar-refractivity contribution in [3.05, 3.63) is 0 Å². The Morgan fingerprint density at radius 1 is 1.43 bits per heavy atom. The summed E-state index contributed by atoms with van der Waals surface area (Å²) in [5.41, 5.74) is 0. The van der Waals surface area contributed by atoms with Gasteiger partial charge in [-0.1, -0.05) is 13.8 Å². The van der Waals surface area contributed by atoms with Gasteiger partial charge in [0.25, 0.3) is 0 Å². The molecule has 0 aromatic rings. The van der Waals surface area contributed by atoms with Crippen molar-refractivity contribution in [2.24, 2.45) is 11.8 Å². The van der Waals surface area contributed by atoms with Crippen molar-refractivity contribution in [2.45, 2.75) is 46.0 Å². The summed E-state index contributed by atoms with van der Waals surface area (Å²) in [6.07, 6.45) is 3.79. The number of hydrogen-bond acceptors (Lipinski definition) is 2. The first-order valence-corrected chi connectivity index (χ1v) is 5.21. The second-order valence-corrected chi connectivity index (χ2v) is 3.82. The lowest BCUT2D eigenvalue weighted by atomic mass is 9.93. The van der Waals surface area contributed by atoms with E-state index in [-0.39, 0.29) is 5.92 Å². The quantitative estimate of drug-likeness (QED) is 0.682. The van der Waals surface area contributed by atoms with Crippen LogP contribution in [0.5, 0.6) is 0 Å². The lowest BCUT2D eigenvalue weighted by Crippen LogP contribution is -2.13. The average molecular weight is 197 g/mol. The zero-order valence-electron chi connectivity index (χ0n) is 8.99. The lowest BCUT2D eigenvalue weighted by Gasteiger charge is -2.13. The van der Waals surface area contributed by atoms with Crippen molar-refractivity contribution in [3.8, 4) is 6.07 Å². The van der Waals surface area contributed by atoms with E-state index in [9.17, 15) is 4.79 Å². The van der Waals surface area contributed by atoms with Gasteiger partial charge in [0.1, 0.15) is 0 Å². The van der Waals surface area contributed by atoms with Gasteiger partial charge in [0.2, 0.25) is 0 Å². The molecular formula is C11H19NO2. The number of carboxylic acids is 1. The maximum atomic E-state index is 10.7. The molecule has 3 nitrogen and oxygen atoms in total. The minimum atomic E-state index is -0.694. The number of nitrogens with zero attached hydrogens (tertiary/aromatic N) is 1. The van der Waals surface area contributed by atoms with Gasteiger partial charge in [-0.3, -0.25) is 4.79 Å². The van der Waals surface area contributed by atoms with Gasteiger partial charge in [-0.05, 0) is 31.6 Å². The van der Waals surface area contributed by atoms with Crippen LogP contribution >= 0.6 is 0 Å². The molecule has 14 heavy (non-hydrogen) atoms. The summed E-state index contributed by atoms with van der Waals surface area (Å²) < 4.78 is 0. The largest absolute Gasteiger partial charge is 0.481 e. The van der Waals surface area contributed by atoms with Gasteiger partial charge in [0, 0.05) is 6.42 Å². The highest BCUT2D eigenvalue weighted by Crippen LogP contribution is 2.18. The zero-order chi connectivity index (χ0) is 11.0. The monoisotopic (exact) mass is 197 g/mol. The van der Waals surface area contributed by atoms with E-state index in [0.29, 0.717) is 18.8 Å². The molecule has 0 bridgehead atoms. The molecule has 0 radical (unpaired) electrons. The molecule has 0 spiro atoms. The third kappa shape index (κ3) is 5.58. The van der Waals surface area contributed by atoms with Crippen LogP contribution in [0.15, 0.2) is 0 Å². The third-order valence-corrected chi connectivity index (χ3v) is 2.60. The van der Waals surface area contributed by atoms with Crippen molar-refractivity contribution in [1.82, 2.24) is 0 Å². The van der Waals surface area contributed by atoms with Crippen molar-refractivity contribution >= 4 is 5.97 Å². The van der Waals surface area contributed by atoms with Crippen LogP contribution in [0.2, 0.25) is 0 Å². The Morgan fingerprint density at radius 2 is 2.07 bits per heavy atom. The topological polar surface area (TPSA) is 61.1 Å². The lowest BCUT2D eigenvalue weighted by molar-refractivity contribution is -0.142. The highest BCUT2D eigenvalue weighted by atomic mass is 16.4. The molecule has 0 heterocycles. The van der Waals surface area contributed by atoms with Crippen molar-refractivity contribution in [3.63, 3.8) is 0 Å². The Labute approximate surface area is 85.7 Å². The number of hydrogen-bond donors (Lipinski definition) is 1. The van der Waals surface area contributed by atoms with E-state index in [2.05, 4.69) is 13.0 Å². The van der Waals surface area contributed by atoms with Crippen LogP contribution in [0.25, 0.3) is 0 Å². The van der Waals surface area contributed by atoms with Crippen LogP contribution < -0.4 is 0 Å². The Kier molecular flexibility index (Phi) is 6.82. The van der Waals surface area contributed by atoms with E-state index < -0.39 is 5.97 Å². The zero-order valence-corrected chi connectivity index (χ0v) is 8.99. The molecule has 0 fully saturated rings. The molecule has 2 atom stereocenters. The molecule has 0 aliphatic rings. The summed E-state index contributed by atoms with van der Waals surface area (Å²) >= 11 is 0. The molecule has 0 amide bonds. The molecular weight excluding hydrogens is 178 g/mol. The molecule has 0 aromatic heterocycles. The number of rotatable bonds is 7. The summed E-state index contributed by atoms with van der Waals surface area (Å²) in [6.45, 7) is 3.98. The van der Waals surface area contributed by atoms with Gasteiger partial charge < -0.3 is 5.11 Å². The summed E-state index contributed by atoms with van der Waals surface area (Å²) in [4.78, 5) is 10.7. The summed E-state index contributed by atoms with van der Waals surface area (Å²) in [7, 11) is 0. The Hall–Kier alpha value is -1.04. The van der Waals surface area contributed by atoms with Gasteiger partial charge in [-0.15, -0.1) is 0 Å². The van der Waals surface area contributed by atoms with Gasteiger partial charge in [0.15, 0.2) is 0 Å². The van der Waals surface area contributed by atoms with Crippen LogP contribution in [0.4, 0.5) is 0 Å². The molecule has 80 valence electrons. The maximum Gasteiger partial charge on any atom is 0.306 e.